The van der Waals surface area contributed by atoms with E-state index in [9.17, 15) is 5.11 Å². The molecule has 2 N–H and O–H groups in total. The number of hydrogen-bond donors (Lipinski definition) is 2. The van der Waals surface area contributed by atoms with Crippen LogP contribution in [0.15, 0.2) is 52.9 Å². The topological polar surface area (TPSA) is 105 Å². The van der Waals surface area contributed by atoms with Gasteiger partial charge in [-0.15, -0.1) is 10.2 Å². The lowest BCUT2D eigenvalue weighted by Crippen LogP contribution is -2.05. The van der Waals surface area contributed by atoms with Crippen molar-refractivity contribution < 1.29 is 5.11 Å². The molecule has 1 atom stereocenters. The van der Waals surface area contributed by atoms with Crippen LogP contribution in [0.4, 0.5) is 0 Å². The van der Waals surface area contributed by atoms with Crippen LogP contribution in [0.1, 0.15) is 24.2 Å². The van der Waals surface area contributed by atoms with Crippen molar-refractivity contribution in [1.29, 1.82) is 0 Å². The lowest BCUT2D eigenvalue weighted by Gasteiger charge is -2.10. The first-order valence-corrected chi connectivity index (χ1v) is 8.07. The van der Waals surface area contributed by atoms with E-state index >= 15 is 0 Å². The number of rotatable bonds is 4. The number of nitrogens with zero attached hydrogens (tertiary/aromatic N) is 6. The van der Waals surface area contributed by atoms with Gasteiger partial charge in [0.1, 0.15) is 17.1 Å². The third-order valence-corrected chi connectivity index (χ3v) is 4.45. The summed E-state index contributed by atoms with van der Waals surface area (Å²) in [6.45, 7) is 2.03. The lowest BCUT2D eigenvalue weighted by atomic mass is 10.0. The van der Waals surface area contributed by atoms with Crippen molar-refractivity contribution in [1.82, 2.24) is 35.0 Å². The zero-order chi connectivity index (χ0) is 16.5. The number of aromatic nitrogens is 7. The number of phenols is 1. The van der Waals surface area contributed by atoms with Crippen LogP contribution >= 0.6 is 11.8 Å². The molecule has 9 heteroatoms. The summed E-state index contributed by atoms with van der Waals surface area (Å²) >= 11 is 1.38. The number of aromatic amines is 1. The first-order chi connectivity index (χ1) is 11.7. The van der Waals surface area contributed by atoms with Crippen molar-refractivity contribution in [2.24, 2.45) is 0 Å². The summed E-state index contributed by atoms with van der Waals surface area (Å²) in [7, 11) is 0. The summed E-state index contributed by atoms with van der Waals surface area (Å²) in [5.74, 6) is 0.954. The standard InChI is InChI=1S/C15H13N7OS/c1-9(10-2-4-11(23)5-3-10)14-19-18-12-6-7-13(21-22(12)14)24-15-16-8-17-20-15/h2-9,23H,1H3,(H,16,17,20)/t9-/m0/s1. The predicted octanol–water partition coefficient (Wildman–Crippen LogP) is 2.25. The Morgan fingerprint density at radius 3 is 2.71 bits per heavy atom. The molecule has 0 aliphatic carbocycles. The second-order valence-electron chi connectivity index (χ2n) is 5.21. The summed E-state index contributed by atoms with van der Waals surface area (Å²) in [4.78, 5) is 4.08. The largest absolute Gasteiger partial charge is 0.508 e. The smallest absolute Gasteiger partial charge is 0.189 e. The van der Waals surface area contributed by atoms with E-state index in [4.69, 9.17) is 0 Å². The number of fused-ring (bicyclic) bond motifs is 1. The van der Waals surface area contributed by atoms with Crippen LogP contribution in [0.2, 0.25) is 0 Å². The maximum Gasteiger partial charge on any atom is 0.189 e. The van der Waals surface area contributed by atoms with Gasteiger partial charge in [-0.2, -0.15) is 14.7 Å². The van der Waals surface area contributed by atoms with Gasteiger partial charge in [0.25, 0.3) is 0 Å². The zero-order valence-electron chi connectivity index (χ0n) is 12.7. The van der Waals surface area contributed by atoms with E-state index in [1.165, 1.54) is 18.1 Å². The van der Waals surface area contributed by atoms with Crippen molar-refractivity contribution in [2.75, 3.05) is 0 Å². The SMILES string of the molecule is C[C@@H](c1ccc(O)cc1)c1nnc2ccc(Sc3ncn[nH]3)nn12. The lowest BCUT2D eigenvalue weighted by molar-refractivity contribution is 0.475. The van der Waals surface area contributed by atoms with E-state index in [1.807, 2.05) is 31.2 Å². The Hall–Kier alpha value is -2.94. The van der Waals surface area contributed by atoms with Gasteiger partial charge in [0.2, 0.25) is 0 Å². The third kappa shape index (κ3) is 2.69. The van der Waals surface area contributed by atoms with E-state index in [2.05, 4.69) is 30.5 Å². The van der Waals surface area contributed by atoms with Gasteiger partial charge in [-0.1, -0.05) is 19.1 Å². The molecule has 0 aliphatic heterocycles. The molecular weight excluding hydrogens is 326 g/mol. The molecule has 120 valence electrons. The van der Waals surface area contributed by atoms with E-state index in [-0.39, 0.29) is 11.7 Å². The first kappa shape index (κ1) is 14.6. The highest BCUT2D eigenvalue weighted by molar-refractivity contribution is 7.99. The Morgan fingerprint density at radius 2 is 1.96 bits per heavy atom. The molecule has 24 heavy (non-hydrogen) atoms. The third-order valence-electron chi connectivity index (χ3n) is 3.64. The number of H-pyrrole nitrogens is 1. The molecule has 0 saturated heterocycles. The van der Waals surface area contributed by atoms with Crippen molar-refractivity contribution in [3.8, 4) is 5.75 Å². The van der Waals surface area contributed by atoms with Crippen molar-refractivity contribution in [3.63, 3.8) is 0 Å². The Bertz CT molecular complexity index is 965. The fourth-order valence-corrected chi connectivity index (χ4v) is 3.02. The Labute approximate surface area is 141 Å². The van der Waals surface area contributed by atoms with Crippen LogP contribution in [-0.2, 0) is 0 Å². The van der Waals surface area contributed by atoms with Gasteiger partial charge in [0.05, 0.1) is 0 Å². The molecule has 0 spiro atoms. The van der Waals surface area contributed by atoms with Gasteiger partial charge in [-0.05, 0) is 41.6 Å². The minimum atomic E-state index is -0.0152. The molecule has 1 aromatic carbocycles. The van der Waals surface area contributed by atoms with Gasteiger partial charge in [0.15, 0.2) is 16.6 Å². The Balaban J connectivity index is 1.71. The van der Waals surface area contributed by atoms with Crippen LogP contribution < -0.4 is 0 Å². The molecule has 0 aliphatic rings. The average molecular weight is 339 g/mol. The molecule has 4 rings (SSSR count). The molecule has 0 fully saturated rings. The maximum absolute atomic E-state index is 9.44. The van der Waals surface area contributed by atoms with Crippen LogP contribution in [0.25, 0.3) is 5.65 Å². The fraction of sp³-hybridized carbons (Fsp3) is 0.133. The van der Waals surface area contributed by atoms with Crippen molar-refractivity contribution >= 4 is 17.4 Å². The van der Waals surface area contributed by atoms with E-state index < -0.39 is 0 Å². The predicted molar refractivity (Wildman–Crippen MR) is 86.9 cm³/mol. The van der Waals surface area contributed by atoms with Gasteiger partial charge in [-0.3, -0.25) is 5.10 Å². The highest BCUT2D eigenvalue weighted by atomic mass is 32.2. The Kier molecular flexibility index (Phi) is 3.62. The van der Waals surface area contributed by atoms with Gasteiger partial charge in [-0.25, -0.2) is 4.98 Å². The number of hydrogen-bond acceptors (Lipinski definition) is 7. The summed E-state index contributed by atoms with van der Waals surface area (Å²) in [5, 5.41) is 30.5. The molecule has 0 bridgehead atoms. The normalized spacial score (nSPS) is 12.5. The van der Waals surface area contributed by atoms with Crippen LogP contribution in [0, 0.1) is 0 Å². The molecule has 4 aromatic rings. The van der Waals surface area contributed by atoms with Gasteiger partial charge < -0.3 is 5.11 Å². The van der Waals surface area contributed by atoms with Crippen LogP contribution in [0.5, 0.6) is 5.75 Å². The summed E-state index contributed by atoms with van der Waals surface area (Å²) < 4.78 is 1.73. The van der Waals surface area contributed by atoms with Gasteiger partial charge in [0, 0.05) is 5.92 Å². The molecule has 0 saturated carbocycles. The van der Waals surface area contributed by atoms with E-state index in [1.54, 1.807) is 16.6 Å². The number of benzene rings is 1. The van der Waals surface area contributed by atoms with Gasteiger partial charge >= 0.3 is 0 Å². The zero-order valence-corrected chi connectivity index (χ0v) is 13.5. The minimum Gasteiger partial charge on any atom is -0.508 e. The van der Waals surface area contributed by atoms with Crippen LogP contribution in [0.3, 0.4) is 0 Å². The second-order valence-corrected chi connectivity index (χ2v) is 6.21. The molecule has 8 nitrogen and oxygen atoms in total. The maximum atomic E-state index is 9.44. The van der Waals surface area contributed by atoms with E-state index in [0.29, 0.717) is 10.8 Å². The highest BCUT2D eigenvalue weighted by Gasteiger charge is 2.17. The first-order valence-electron chi connectivity index (χ1n) is 7.25. The molecule has 0 amide bonds. The number of phenolic OH excluding ortho intramolecular Hbond substituents is 1. The summed E-state index contributed by atoms with van der Waals surface area (Å²) in [5.41, 5.74) is 1.70. The van der Waals surface area contributed by atoms with Crippen molar-refractivity contribution in [2.45, 2.75) is 23.0 Å². The summed E-state index contributed by atoms with van der Waals surface area (Å²) in [6, 6.07) is 10.8. The molecule has 0 unspecified atom stereocenters. The molecule has 3 aromatic heterocycles. The van der Waals surface area contributed by atoms with Crippen molar-refractivity contribution in [3.05, 3.63) is 54.1 Å². The van der Waals surface area contributed by atoms with Crippen LogP contribution in [-0.4, -0.2) is 40.1 Å². The Morgan fingerprint density at radius 1 is 1.12 bits per heavy atom. The number of nitrogens with one attached hydrogen (secondary N) is 1. The average Bonchev–Trinajstić information content (AvgIpc) is 3.24. The molecule has 0 radical (unpaired) electrons. The minimum absolute atomic E-state index is 0.0152. The fourth-order valence-electron chi connectivity index (χ4n) is 2.37. The summed E-state index contributed by atoms with van der Waals surface area (Å²) in [6.07, 6.45) is 1.46. The number of aromatic hydroxyl groups is 1. The quantitative estimate of drug-likeness (QED) is 0.587. The second kappa shape index (κ2) is 5.93. The molecule has 3 heterocycles. The highest BCUT2D eigenvalue weighted by Crippen LogP contribution is 2.26. The molecular formula is C15H13N7OS. The van der Waals surface area contributed by atoms with E-state index in [0.717, 1.165) is 16.4 Å². The monoisotopic (exact) mass is 339 g/mol.